The van der Waals surface area contributed by atoms with Crippen LogP contribution in [0.4, 0.5) is 4.79 Å². The molecule has 0 aliphatic carbocycles. The van der Waals surface area contributed by atoms with Crippen molar-refractivity contribution in [1.29, 1.82) is 0 Å². The summed E-state index contributed by atoms with van der Waals surface area (Å²) in [4.78, 5) is 21.4. The van der Waals surface area contributed by atoms with Gasteiger partial charge in [0.15, 0.2) is 0 Å². The Morgan fingerprint density at radius 3 is 2.86 bits per heavy atom. The van der Waals surface area contributed by atoms with Gasteiger partial charge in [0, 0.05) is 57.2 Å². The van der Waals surface area contributed by atoms with Gasteiger partial charge in [0.05, 0.1) is 12.2 Å². The van der Waals surface area contributed by atoms with Gasteiger partial charge in [-0.2, -0.15) is 0 Å². The number of fused-ring (bicyclic) bond motifs is 2. The lowest BCUT2D eigenvalue weighted by atomic mass is 10.1. The quantitative estimate of drug-likeness (QED) is 0.838. The van der Waals surface area contributed by atoms with Crippen molar-refractivity contribution in [2.45, 2.75) is 70.9 Å². The van der Waals surface area contributed by atoms with Crippen LogP contribution in [0.2, 0.25) is 0 Å². The zero-order valence-corrected chi connectivity index (χ0v) is 17.4. The molecule has 28 heavy (non-hydrogen) atoms. The van der Waals surface area contributed by atoms with Crippen molar-refractivity contribution in [3.8, 4) is 5.88 Å². The van der Waals surface area contributed by atoms with E-state index >= 15 is 0 Å². The van der Waals surface area contributed by atoms with Crippen LogP contribution < -0.4 is 10.1 Å². The molecule has 1 amide bonds. The molecule has 0 saturated carbocycles. The van der Waals surface area contributed by atoms with E-state index in [0.717, 1.165) is 43.7 Å². The van der Waals surface area contributed by atoms with E-state index in [1.165, 1.54) is 0 Å². The molecule has 0 radical (unpaired) electrons. The highest BCUT2D eigenvalue weighted by molar-refractivity contribution is 5.68. The number of nitrogens with one attached hydrogen (secondary N) is 1. The van der Waals surface area contributed by atoms with E-state index in [0.29, 0.717) is 31.1 Å². The van der Waals surface area contributed by atoms with E-state index in [1.54, 1.807) is 4.90 Å². The van der Waals surface area contributed by atoms with Gasteiger partial charge in [-0.05, 0) is 33.3 Å². The van der Waals surface area contributed by atoms with Crippen molar-refractivity contribution >= 4 is 6.09 Å². The number of nitrogens with zero attached hydrogens (tertiary/aromatic N) is 3. The molecule has 3 atom stereocenters. The highest BCUT2D eigenvalue weighted by Gasteiger charge is 2.38. The first kappa shape index (κ1) is 19.5. The number of amides is 1. The number of hydrogen-bond acceptors (Lipinski definition) is 6. The second-order valence-corrected chi connectivity index (χ2v) is 9.24. The van der Waals surface area contributed by atoms with Crippen LogP contribution in [-0.4, -0.2) is 70.8 Å². The van der Waals surface area contributed by atoms with Crippen LogP contribution in [0.25, 0.3) is 0 Å². The van der Waals surface area contributed by atoms with E-state index in [-0.39, 0.29) is 12.2 Å². The Bertz CT molecular complexity index is 733. The maximum atomic E-state index is 12.3. The molecule has 2 fully saturated rings. The lowest BCUT2D eigenvalue weighted by molar-refractivity contribution is 0.0222. The van der Waals surface area contributed by atoms with Crippen molar-refractivity contribution < 1.29 is 14.3 Å². The number of piperazine rings is 1. The van der Waals surface area contributed by atoms with Crippen LogP contribution in [-0.2, 0) is 17.7 Å². The molecule has 1 aromatic heterocycles. The molecule has 154 valence electrons. The summed E-state index contributed by atoms with van der Waals surface area (Å²) in [6, 6.07) is 5.10. The van der Waals surface area contributed by atoms with Crippen molar-refractivity contribution in [1.82, 2.24) is 20.1 Å². The number of pyridine rings is 1. The zero-order chi connectivity index (χ0) is 19.9. The zero-order valence-electron chi connectivity index (χ0n) is 17.4. The van der Waals surface area contributed by atoms with E-state index in [4.69, 9.17) is 14.5 Å². The molecule has 4 heterocycles. The van der Waals surface area contributed by atoms with Crippen LogP contribution in [0.1, 0.15) is 45.4 Å². The van der Waals surface area contributed by atoms with E-state index in [1.807, 2.05) is 32.9 Å². The van der Waals surface area contributed by atoms with Gasteiger partial charge in [0.2, 0.25) is 5.88 Å². The Balaban J connectivity index is 1.37. The maximum absolute atomic E-state index is 12.3. The first-order valence-corrected chi connectivity index (χ1v) is 10.4. The first-order valence-electron chi connectivity index (χ1n) is 10.4. The molecule has 1 N–H and O–H groups in total. The largest absolute Gasteiger partial charge is 0.473 e. The third-order valence-corrected chi connectivity index (χ3v) is 5.77. The summed E-state index contributed by atoms with van der Waals surface area (Å²) in [5.41, 5.74) is 1.63. The average Bonchev–Trinajstić information content (AvgIpc) is 3.04. The molecular weight excluding hydrogens is 356 g/mol. The van der Waals surface area contributed by atoms with Crippen molar-refractivity contribution in [2.24, 2.45) is 0 Å². The molecule has 1 unspecified atom stereocenters. The van der Waals surface area contributed by atoms with Crippen molar-refractivity contribution in [3.63, 3.8) is 0 Å². The van der Waals surface area contributed by atoms with Crippen LogP contribution in [0, 0.1) is 0 Å². The Labute approximate surface area is 167 Å². The smallest absolute Gasteiger partial charge is 0.410 e. The number of rotatable bonds is 2. The lowest BCUT2D eigenvalue weighted by Crippen LogP contribution is -2.53. The highest BCUT2D eigenvalue weighted by atomic mass is 16.6. The highest BCUT2D eigenvalue weighted by Crippen LogP contribution is 2.27. The number of carbonyl (C=O) groups is 1. The van der Waals surface area contributed by atoms with E-state index < -0.39 is 5.60 Å². The molecule has 1 aromatic rings. The van der Waals surface area contributed by atoms with Crippen LogP contribution in [0.15, 0.2) is 12.1 Å². The van der Waals surface area contributed by atoms with Gasteiger partial charge in [-0.25, -0.2) is 9.78 Å². The van der Waals surface area contributed by atoms with Gasteiger partial charge in [-0.1, -0.05) is 6.07 Å². The normalized spacial score (nSPS) is 27.9. The van der Waals surface area contributed by atoms with Crippen LogP contribution in [0.5, 0.6) is 5.88 Å². The molecule has 3 aliphatic heterocycles. The second kappa shape index (κ2) is 7.52. The molecule has 2 saturated heterocycles. The van der Waals surface area contributed by atoms with Gasteiger partial charge in [0.1, 0.15) is 11.7 Å². The topological polar surface area (TPSA) is 66.9 Å². The Hall–Kier alpha value is -1.86. The number of carbonyl (C=O) groups excluding carboxylic acids is 1. The van der Waals surface area contributed by atoms with Gasteiger partial charge in [-0.3, -0.25) is 4.90 Å². The minimum Gasteiger partial charge on any atom is -0.473 e. The van der Waals surface area contributed by atoms with Crippen molar-refractivity contribution in [3.05, 3.63) is 23.4 Å². The van der Waals surface area contributed by atoms with Gasteiger partial charge in [0.25, 0.3) is 0 Å². The van der Waals surface area contributed by atoms with Gasteiger partial charge in [-0.15, -0.1) is 0 Å². The Morgan fingerprint density at radius 2 is 2.11 bits per heavy atom. The summed E-state index contributed by atoms with van der Waals surface area (Å²) in [7, 11) is 0. The molecule has 4 rings (SSSR count). The monoisotopic (exact) mass is 388 g/mol. The minimum atomic E-state index is -0.477. The predicted molar refractivity (Wildman–Crippen MR) is 106 cm³/mol. The molecule has 7 heteroatoms. The van der Waals surface area contributed by atoms with Crippen LogP contribution in [0.3, 0.4) is 0 Å². The SMILES string of the molecule is C[C@@H]1CNC[C@@H]2CC(Oc3ccc4c(n3)CCN(C(=O)OC(C)(C)C)C4)CN21. The summed E-state index contributed by atoms with van der Waals surface area (Å²) in [5.74, 6) is 0.704. The summed E-state index contributed by atoms with van der Waals surface area (Å²) >= 11 is 0. The summed E-state index contributed by atoms with van der Waals surface area (Å²) in [6.45, 7) is 12.2. The molecular formula is C21H32N4O3. The third-order valence-electron chi connectivity index (χ3n) is 5.77. The fourth-order valence-electron chi connectivity index (χ4n) is 4.41. The fourth-order valence-corrected chi connectivity index (χ4v) is 4.41. The second-order valence-electron chi connectivity index (χ2n) is 9.24. The molecule has 3 aliphatic rings. The van der Waals surface area contributed by atoms with Gasteiger partial charge < -0.3 is 19.7 Å². The number of ether oxygens (including phenoxy) is 2. The Kier molecular flexibility index (Phi) is 5.22. The van der Waals surface area contributed by atoms with E-state index in [2.05, 4.69) is 17.1 Å². The lowest BCUT2D eigenvalue weighted by Gasteiger charge is -2.35. The van der Waals surface area contributed by atoms with Crippen LogP contribution >= 0.6 is 0 Å². The number of hydrogen-bond donors (Lipinski definition) is 1. The number of aromatic nitrogens is 1. The Morgan fingerprint density at radius 1 is 1.29 bits per heavy atom. The third kappa shape index (κ3) is 4.25. The molecule has 0 bridgehead atoms. The molecule has 0 spiro atoms. The van der Waals surface area contributed by atoms with Gasteiger partial charge >= 0.3 is 6.09 Å². The summed E-state index contributed by atoms with van der Waals surface area (Å²) in [6.07, 6.45) is 1.71. The predicted octanol–water partition coefficient (Wildman–Crippen LogP) is 2.19. The van der Waals surface area contributed by atoms with Crippen molar-refractivity contribution in [2.75, 3.05) is 26.2 Å². The fraction of sp³-hybridized carbons (Fsp3) is 0.714. The standard InChI is InChI=1S/C21H32N4O3/c1-14-10-22-11-16-9-17(13-25(14)16)27-19-6-5-15-12-24(8-7-18(15)23-19)20(26)28-21(2,3)4/h5-6,14,16-17,22H,7-13H2,1-4H3/t14-,16+,17?/m1/s1. The average molecular weight is 389 g/mol. The van der Waals surface area contributed by atoms with E-state index in [9.17, 15) is 4.79 Å². The molecule has 0 aromatic carbocycles. The maximum Gasteiger partial charge on any atom is 0.410 e. The first-order chi connectivity index (χ1) is 13.3. The summed E-state index contributed by atoms with van der Waals surface area (Å²) in [5, 5.41) is 3.50. The molecule has 7 nitrogen and oxygen atoms in total. The summed E-state index contributed by atoms with van der Waals surface area (Å²) < 4.78 is 11.7. The minimum absolute atomic E-state index is 0.194.